The van der Waals surface area contributed by atoms with Crippen LogP contribution in [0.3, 0.4) is 0 Å². The van der Waals surface area contributed by atoms with E-state index >= 15 is 0 Å². The van der Waals surface area contributed by atoms with E-state index < -0.39 is 0 Å². The SMILES string of the molecule is CC(C)CC1(C(Br)c2ccc(C(C)(C)C)s2)CCCC1. The van der Waals surface area contributed by atoms with Crippen molar-refractivity contribution >= 4 is 27.3 Å². The zero-order chi connectivity index (χ0) is 15.0. The van der Waals surface area contributed by atoms with Crippen molar-refractivity contribution in [3.05, 3.63) is 21.9 Å². The molecule has 1 aliphatic rings. The molecule has 2 heteroatoms. The fraction of sp³-hybridized carbons (Fsp3) is 0.778. The molecule has 0 nitrogen and oxygen atoms in total. The molecule has 1 saturated carbocycles. The molecule has 0 spiro atoms. The zero-order valence-corrected chi connectivity index (χ0v) is 16.0. The molecule has 114 valence electrons. The summed E-state index contributed by atoms with van der Waals surface area (Å²) in [6, 6.07) is 4.71. The predicted molar refractivity (Wildman–Crippen MR) is 95.0 cm³/mol. The molecule has 1 aromatic heterocycles. The van der Waals surface area contributed by atoms with E-state index in [-0.39, 0.29) is 5.41 Å². The van der Waals surface area contributed by atoms with E-state index in [4.69, 9.17) is 0 Å². The Morgan fingerprint density at radius 3 is 2.25 bits per heavy atom. The Morgan fingerprint density at radius 1 is 1.20 bits per heavy atom. The summed E-state index contributed by atoms with van der Waals surface area (Å²) in [6.45, 7) is 11.7. The lowest BCUT2D eigenvalue weighted by molar-refractivity contribution is 0.232. The second kappa shape index (κ2) is 6.12. The maximum atomic E-state index is 4.09. The molecule has 1 aromatic rings. The highest BCUT2D eigenvalue weighted by atomic mass is 79.9. The number of hydrogen-bond acceptors (Lipinski definition) is 1. The first-order valence-electron chi connectivity index (χ1n) is 7.99. The lowest BCUT2D eigenvalue weighted by atomic mass is 9.75. The van der Waals surface area contributed by atoms with Gasteiger partial charge in [-0.1, -0.05) is 63.4 Å². The number of thiophene rings is 1. The third-order valence-corrected chi connectivity index (χ3v) is 7.91. The van der Waals surface area contributed by atoms with Crippen LogP contribution in [0.2, 0.25) is 0 Å². The van der Waals surface area contributed by atoms with Crippen molar-refractivity contribution in [1.82, 2.24) is 0 Å². The van der Waals surface area contributed by atoms with Gasteiger partial charge in [-0.3, -0.25) is 0 Å². The van der Waals surface area contributed by atoms with Gasteiger partial charge in [-0.05, 0) is 48.1 Å². The number of alkyl halides is 1. The molecule has 2 rings (SSSR count). The van der Waals surface area contributed by atoms with Crippen LogP contribution < -0.4 is 0 Å². The van der Waals surface area contributed by atoms with Crippen molar-refractivity contribution < 1.29 is 0 Å². The normalized spacial score (nSPS) is 20.6. The molecule has 20 heavy (non-hydrogen) atoms. The largest absolute Gasteiger partial charge is 0.144 e. The van der Waals surface area contributed by atoms with Gasteiger partial charge in [0.2, 0.25) is 0 Å². The lowest BCUT2D eigenvalue weighted by Crippen LogP contribution is -2.24. The highest BCUT2D eigenvalue weighted by Crippen LogP contribution is 2.56. The minimum Gasteiger partial charge on any atom is -0.144 e. The summed E-state index contributed by atoms with van der Waals surface area (Å²) in [5.74, 6) is 0.787. The fourth-order valence-corrected chi connectivity index (χ4v) is 5.91. The van der Waals surface area contributed by atoms with Gasteiger partial charge in [0.05, 0.1) is 4.83 Å². The molecule has 0 N–H and O–H groups in total. The predicted octanol–water partition coefficient (Wildman–Crippen LogP) is 7.09. The summed E-state index contributed by atoms with van der Waals surface area (Å²) in [5, 5.41) is 0. The molecule has 1 unspecified atom stereocenters. The minimum absolute atomic E-state index is 0.274. The van der Waals surface area contributed by atoms with Crippen molar-refractivity contribution in [3.63, 3.8) is 0 Å². The van der Waals surface area contributed by atoms with E-state index in [1.165, 1.54) is 41.9 Å². The minimum atomic E-state index is 0.274. The van der Waals surface area contributed by atoms with Crippen LogP contribution in [0.15, 0.2) is 12.1 Å². The third kappa shape index (κ3) is 3.50. The first kappa shape index (κ1) is 16.5. The molecule has 0 aliphatic heterocycles. The van der Waals surface area contributed by atoms with Gasteiger partial charge < -0.3 is 0 Å². The molecule has 1 aliphatic carbocycles. The van der Waals surface area contributed by atoms with Crippen molar-refractivity contribution in [1.29, 1.82) is 0 Å². The maximum Gasteiger partial charge on any atom is 0.0545 e. The highest BCUT2D eigenvalue weighted by molar-refractivity contribution is 9.09. The quantitative estimate of drug-likeness (QED) is 0.505. The van der Waals surface area contributed by atoms with E-state index in [1.54, 1.807) is 0 Å². The van der Waals surface area contributed by atoms with Gasteiger partial charge in [0.1, 0.15) is 0 Å². The van der Waals surface area contributed by atoms with Crippen LogP contribution in [0.4, 0.5) is 0 Å². The smallest absolute Gasteiger partial charge is 0.0545 e. The molecular weight excluding hydrogens is 328 g/mol. The van der Waals surface area contributed by atoms with Crippen molar-refractivity contribution in [2.24, 2.45) is 11.3 Å². The molecule has 0 bridgehead atoms. The summed E-state index contributed by atoms with van der Waals surface area (Å²) in [7, 11) is 0. The van der Waals surface area contributed by atoms with Crippen LogP contribution in [-0.2, 0) is 5.41 Å². The average Bonchev–Trinajstić information content (AvgIpc) is 2.94. The Balaban J connectivity index is 2.24. The van der Waals surface area contributed by atoms with Gasteiger partial charge in [0.25, 0.3) is 0 Å². The molecule has 1 atom stereocenters. The monoisotopic (exact) mass is 356 g/mol. The topological polar surface area (TPSA) is 0 Å². The summed E-state index contributed by atoms with van der Waals surface area (Å²) >= 11 is 6.10. The second-order valence-corrected chi connectivity index (χ2v) is 10.0. The van der Waals surface area contributed by atoms with Gasteiger partial charge in [0, 0.05) is 9.75 Å². The van der Waals surface area contributed by atoms with Gasteiger partial charge in [0.15, 0.2) is 0 Å². The van der Waals surface area contributed by atoms with Crippen molar-refractivity contribution in [2.45, 2.75) is 77.0 Å². The Morgan fingerprint density at radius 2 is 1.80 bits per heavy atom. The van der Waals surface area contributed by atoms with E-state index in [9.17, 15) is 0 Å². The molecule has 1 fully saturated rings. The first-order valence-corrected chi connectivity index (χ1v) is 9.72. The number of halogens is 1. The van der Waals surface area contributed by atoms with E-state index in [1.807, 2.05) is 11.3 Å². The third-order valence-electron chi connectivity index (χ3n) is 4.57. The molecule has 0 aromatic carbocycles. The van der Waals surface area contributed by atoms with Crippen LogP contribution >= 0.6 is 27.3 Å². The summed E-state index contributed by atoms with van der Waals surface area (Å²) in [4.78, 5) is 3.59. The van der Waals surface area contributed by atoms with Crippen LogP contribution in [0.1, 0.15) is 81.3 Å². The zero-order valence-electron chi connectivity index (χ0n) is 13.6. The summed E-state index contributed by atoms with van der Waals surface area (Å²) < 4.78 is 0. The van der Waals surface area contributed by atoms with Crippen molar-refractivity contribution in [3.8, 4) is 0 Å². The van der Waals surface area contributed by atoms with Crippen LogP contribution in [-0.4, -0.2) is 0 Å². The summed E-state index contributed by atoms with van der Waals surface area (Å²) in [6.07, 6.45) is 6.96. The standard InChI is InChI=1S/C18H29BrS/c1-13(2)12-18(10-6-7-11-18)16(19)14-8-9-15(20-14)17(3,4)5/h8-9,13,16H,6-7,10-12H2,1-5H3. The lowest BCUT2D eigenvalue weighted by Gasteiger charge is -2.35. The van der Waals surface area contributed by atoms with E-state index in [0.717, 1.165) is 5.92 Å². The molecule has 0 radical (unpaired) electrons. The van der Waals surface area contributed by atoms with Gasteiger partial charge in [-0.15, -0.1) is 11.3 Å². The molecule has 0 saturated heterocycles. The average molecular weight is 357 g/mol. The second-order valence-electron chi connectivity index (χ2n) is 7.98. The van der Waals surface area contributed by atoms with Gasteiger partial charge >= 0.3 is 0 Å². The Bertz CT molecular complexity index is 433. The van der Waals surface area contributed by atoms with Crippen LogP contribution in [0.5, 0.6) is 0 Å². The Kier molecular flexibility index (Phi) is 5.07. The van der Waals surface area contributed by atoms with Crippen LogP contribution in [0, 0.1) is 11.3 Å². The van der Waals surface area contributed by atoms with E-state index in [2.05, 4.69) is 62.7 Å². The first-order chi connectivity index (χ1) is 9.24. The Labute approximate surface area is 137 Å². The maximum absolute atomic E-state index is 4.09. The number of hydrogen-bond donors (Lipinski definition) is 0. The van der Waals surface area contributed by atoms with Gasteiger partial charge in [-0.2, -0.15) is 0 Å². The number of rotatable bonds is 4. The van der Waals surface area contributed by atoms with E-state index in [0.29, 0.717) is 10.2 Å². The molecule has 0 amide bonds. The van der Waals surface area contributed by atoms with Crippen molar-refractivity contribution in [2.75, 3.05) is 0 Å². The highest BCUT2D eigenvalue weighted by Gasteiger charge is 2.41. The van der Waals surface area contributed by atoms with Gasteiger partial charge in [-0.25, -0.2) is 0 Å². The fourth-order valence-electron chi connectivity index (χ4n) is 3.65. The Hall–Kier alpha value is 0.180. The summed E-state index contributed by atoms with van der Waals surface area (Å²) in [5.41, 5.74) is 0.769. The molecule has 1 heterocycles. The molecular formula is C18H29BrS. The van der Waals surface area contributed by atoms with Crippen LogP contribution in [0.25, 0.3) is 0 Å².